The molecule has 0 saturated carbocycles. The Kier molecular flexibility index (Phi) is 20.4. The summed E-state index contributed by atoms with van der Waals surface area (Å²) < 4.78 is 0. The maximum Gasteiger partial charge on any atom is 0.326 e. The number of rotatable bonds is 24. The lowest BCUT2D eigenvalue weighted by molar-refractivity contribution is -0.151. The van der Waals surface area contributed by atoms with Gasteiger partial charge >= 0.3 is 5.97 Å². The van der Waals surface area contributed by atoms with Gasteiger partial charge in [0.05, 0.1) is 6.04 Å². The van der Waals surface area contributed by atoms with Crippen molar-refractivity contribution in [2.75, 3.05) is 26.7 Å². The molecule has 0 aliphatic carbocycles. The zero-order chi connectivity index (χ0) is 44.4. The second kappa shape index (κ2) is 24.3. The molecule has 1 aliphatic heterocycles. The molecular formula is C39H66N12O8. The van der Waals surface area contributed by atoms with Crippen LogP contribution < -0.4 is 44.6 Å². The third-order valence-electron chi connectivity index (χ3n) is 10.3. The van der Waals surface area contributed by atoms with Crippen molar-refractivity contribution in [1.82, 2.24) is 25.8 Å². The molecule has 1 heterocycles. The van der Waals surface area contributed by atoms with E-state index in [1.54, 1.807) is 19.1 Å². The topological polar surface area (TPSA) is 340 Å². The minimum Gasteiger partial charge on any atom is -0.508 e. The van der Waals surface area contributed by atoms with E-state index in [0.717, 1.165) is 4.90 Å². The van der Waals surface area contributed by atoms with Crippen molar-refractivity contribution in [3.05, 3.63) is 29.8 Å². The Balaban J connectivity index is 2.39. The summed E-state index contributed by atoms with van der Waals surface area (Å²) in [7, 11) is 1.39. The van der Waals surface area contributed by atoms with Gasteiger partial charge in [0, 0.05) is 33.1 Å². The summed E-state index contributed by atoms with van der Waals surface area (Å²) in [4.78, 5) is 92.1. The first kappa shape index (κ1) is 49.5. The third kappa shape index (κ3) is 16.3. The molecule has 0 bridgehead atoms. The van der Waals surface area contributed by atoms with Crippen LogP contribution in [0.2, 0.25) is 0 Å². The predicted molar refractivity (Wildman–Crippen MR) is 223 cm³/mol. The quantitative estimate of drug-likeness (QED) is 0.0334. The van der Waals surface area contributed by atoms with E-state index in [2.05, 4.69) is 25.9 Å². The van der Waals surface area contributed by atoms with Crippen molar-refractivity contribution in [2.24, 2.45) is 50.5 Å². The Bertz CT molecular complexity index is 1630. The van der Waals surface area contributed by atoms with E-state index in [1.807, 2.05) is 20.8 Å². The zero-order valence-electron chi connectivity index (χ0n) is 34.9. The number of likely N-dealkylation sites (tertiary alicyclic amines) is 1. The fourth-order valence-corrected chi connectivity index (χ4v) is 6.72. The van der Waals surface area contributed by atoms with Crippen LogP contribution in [0.3, 0.4) is 0 Å². The lowest BCUT2D eigenvalue weighted by atomic mass is 9.95. The molecule has 1 saturated heterocycles. The van der Waals surface area contributed by atoms with Crippen molar-refractivity contribution in [1.29, 1.82) is 0 Å². The highest BCUT2D eigenvalue weighted by Gasteiger charge is 2.40. The largest absolute Gasteiger partial charge is 0.508 e. The van der Waals surface area contributed by atoms with Crippen LogP contribution >= 0.6 is 0 Å². The van der Waals surface area contributed by atoms with Gasteiger partial charge in [-0.15, -0.1) is 0 Å². The number of nitrogens with one attached hydrogen (secondary N) is 3. The number of nitrogens with two attached hydrogens (primary N) is 5. The first-order valence-corrected chi connectivity index (χ1v) is 20.1. The molecule has 0 spiro atoms. The fraction of sp³-hybridized carbons (Fsp3) is 0.641. The number of carbonyl (C=O) groups excluding carboxylic acids is 5. The number of aromatic hydroxyl groups is 1. The van der Waals surface area contributed by atoms with E-state index in [1.165, 1.54) is 24.1 Å². The molecule has 0 aromatic heterocycles. The first-order chi connectivity index (χ1) is 27.8. The van der Waals surface area contributed by atoms with Crippen LogP contribution in [-0.4, -0.2) is 130 Å². The molecule has 15 N–H and O–H groups in total. The average Bonchev–Trinajstić information content (AvgIpc) is 3.68. The Morgan fingerprint density at radius 3 is 2.02 bits per heavy atom. The van der Waals surface area contributed by atoms with Crippen molar-refractivity contribution < 1.29 is 39.0 Å². The van der Waals surface area contributed by atoms with E-state index in [9.17, 15) is 39.0 Å². The van der Waals surface area contributed by atoms with E-state index >= 15 is 0 Å². The number of phenolic OH excluding ortho intramolecular Hbond substituents is 1. The molecule has 20 nitrogen and oxygen atoms in total. The highest BCUT2D eigenvalue weighted by molar-refractivity contribution is 5.97. The molecule has 2 rings (SSSR count). The average molecular weight is 831 g/mol. The Morgan fingerprint density at radius 2 is 1.47 bits per heavy atom. The number of phenols is 1. The maximum absolute atomic E-state index is 14.2. The van der Waals surface area contributed by atoms with Crippen LogP contribution in [0.4, 0.5) is 0 Å². The van der Waals surface area contributed by atoms with Gasteiger partial charge in [-0.25, -0.2) is 4.79 Å². The molecule has 1 aromatic carbocycles. The molecule has 59 heavy (non-hydrogen) atoms. The molecule has 1 fully saturated rings. The Morgan fingerprint density at radius 1 is 0.881 bits per heavy atom. The standard InChI is InChI=1S/C39H66N12O8/c1-6-23(4)31(36(57)50(5)30(37(58)59)20-22(2)3)49-33(54)28(21-24-13-15-25(52)16-14-24)48-34(55)29-12-9-19-51(29)35(56)27(11-8-18-46-39(43)44)47-32(53)26(40)10-7-17-45-38(41)42/h13-16,22-23,26-31,52H,6-12,17-21,40H2,1-5H3,(H,47,53)(H,48,55)(H,49,54)(H,58,59)(H4,41,42,45)(H4,43,44,46)/t23-,26-,27-,28-,29-,30-,31-/m0/s1. The summed E-state index contributed by atoms with van der Waals surface area (Å²) >= 11 is 0. The normalized spacial score (nSPS) is 16.7. The summed E-state index contributed by atoms with van der Waals surface area (Å²) in [6.45, 7) is 7.91. The van der Waals surface area contributed by atoms with Gasteiger partial charge in [-0.05, 0) is 74.5 Å². The van der Waals surface area contributed by atoms with Crippen LogP contribution in [0.25, 0.3) is 0 Å². The third-order valence-corrected chi connectivity index (χ3v) is 10.3. The highest BCUT2D eigenvalue weighted by Crippen LogP contribution is 2.22. The van der Waals surface area contributed by atoms with Crippen LogP contribution in [0.5, 0.6) is 5.75 Å². The van der Waals surface area contributed by atoms with Gasteiger partial charge in [-0.2, -0.15) is 0 Å². The van der Waals surface area contributed by atoms with E-state index in [0.29, 0.717) is 31.2 Å². The van der Waals surface area contributed by atoms with E-state index < -0.39 is 77.7 Å². The lowest BCUT2D eigenvalue weighted by Crippen LogP contribution is -2.60. The number of aliphatic imine (C=N–C) groups is 2. The first-order valence-electron chi connectivity index (χ1n) is 20.1. The highest BCUT2D eigenvalue weighted by atomic mass is 16.4. The molecule has 0 radical (unpaired) electrons. The number of carbonyl (C=O) groups is 6. The van der Waals surface area contributed by atoms with Crippen LogP contribution in [0.15, 0.2) is 34.3 Å². The molecule has 20 heteroatoms. The number of carboxylic acids is 1. The fourth-order valence-electron chi connectivity index (χ4n) is 6.72. The summed E-state index contributed by atoms with van der Waals surface area (Å²) in [5.74, 6) is -4.91. The number of aliphatic carboxylic acids is 1. The molecule has 5 amide bonds. The number of nitrogens with zero attached hydrogens (tertiary/aromatic N) is 4. The van der Waals surface area contributed by atoms with Crippen molar-refractivity contribution in [3.8, 4) is 5.75 Å². The lowest BCUT2D eigenvalue weighted by Gasteiger charge is -2.33. The SMILES string of the molecule is CC[C@H](C)[C@H](NC(=O)[C@H](Cc1ccc(O)cc1)NC(=O)[C@@H]1CCCN1C(=O)[C@H](CCCN=C(N)N)NC(=O)[C@@H](N)CCCN=C(N)N)C(=O)N(C)[C@@H](CC(C)C)C(=O)O. The molecule has 1 aliphatic rings. The Hall–Kier alpha value is -5.66. The number of hydrogen-bond acceptors (Lipinski definition) is 10. The summed E-state index contributed by atoms with van der Waals surface area (Å²) in [6.07, 6.45) is 2.40. The Labute approximate surface area is 346 Å². The van der Waals surface area contributed by atoms with Crippen LogP contribution in [0.1, 0.15) is 84.6 Å². The number of guanidine groups is 2. The van der Waals surface area contributed by atoms with Gasteiger partial charge < -0.3 is 64.6 Å². The van der Waals surface area contributed by atoms with E-state index in [-0.39, 0.29) is 75.3 Å². The number of likely N-dealkylation sites (N-methyl/N-ethyl adjacent to an activating group) is 1. The van der Waals surface area contributed by atoms with Gasteiger partial charge in [-0.3, -0.25) is 34.0 Å². The summed E-state index contributed by atoms with van der Waals surface area (Å²) in [6, 6.07) is -0.566. The van der Waals surface area contributed by atoms with Gasteiger partial charge in [-0.1, -0.05) is 46.2 Å². The zero-order valence-corrected chi connectivity index (χ0v) is 34.9. The second-order valence-electron chi connectivity index (χ2n) is 15.5. The second-order valence-corrected chi connectivity index (χ2v) is 15.5. The molecule has 330 valence electrons. The maximum atomic E-state index is 14.2. The predicted octanol–water partition coefficient (Wildman–Crippen LogP) is -1.18. The van der Waals surface area contributed by atoms with Crippen molar-refractivity contribution in [2.45, 2.75) is 122 Å². The molecule has 1 aromatic rings. The van der Waals surface area contributed by atoms with Crippen LogP contribution in [0, 0.1) is 11.8 Å². The molecule has 0 unspecified atom stereocenters. The number of amides is 5. The summed E-state index contributed by atoms with van der Waals surface area (Å²) in [5.41, 5.74) is 28.4. The van der Waals surface area contributed by atoms with Crippen molar-refractivity contribution >= 4 is 47.4 Å². The summed E-state index contributed by atoms with van der Waals surface area (Å²) in [5, 5.41) is 28.1. The minimum atomic E-state index is -1.26. The molecule has 7 atom stereocenters. The van der Waals surface area contributed by atoms with Gasteiger partial charge in [0.1, 0.15) is 36.0 Å². The van der Waals surface area contributed by atoms with Crippen LogP contribution in [-0.2, 0) is 35.2 Å². The van der Waals surface area contributed by atoms with Gasteiger partial charge in [0.15, 0.2) is 11.9 Å². The number of carboxylic acid groups (broad SMARTS) is 1. The number of hydrogen-bond donors (Lipinski definition) is 10. The van der Waals surface area contributed by atoms with Gasteiger partial charge in [0.25, 0.3) is 0 Å². The smallest absolute Gasteiger partial charge is 0.326 e. The monoisotopic (exact) mass is 831 g/mol. The molecular weight excluding hydrogens is 765 g/mol. The van der Waals surface area contributed by atoms with E-state index in [4.69, 9.17) is 28.7 Å². The van der Waals surface area contributed by atoms with Gasteiger partial charge in [0.2, 0.25) is 29.5 Å². The van der Waals surface area contributed by atoms with Crippen molar-refractivity contribution in [3.63, 3.8) is 0 Å². The number of benzene rings is 1. The minimum absolute atomic E-state index is 0.00871.